The van der Waals surface area contributed by atoms with Crippen LogP contribution in [0, 0.1) is 0 Å². The molecule has 2 N–H and O–H groups in total. The van der Waals surface area contributed by atoms with Gasteiger partial charge in [0, 0.05) is 12.7 Å². The first-order valence-electron chi connectivity index (χ1n) is 7.97. The Kier molecular flexibility index (Phi) is 4.26. The van der Waals surface area contributed by atoms with E-state index < -0.39 is 37.0 Å². The Hall–Kier alpha value is -1.54. The van der Waals surface area contributed by atoms with Crippen LogP contribution in [0.4, 0.5) is 0 Å². The van der Waals surface area contributed by atoms with E-state index in [0.29, 0.717) is 0 Å². The number of ether oxygens (including phenoxy) is 4. The van der Waals surface area contributed by atoms with Gasteiger partial charge in [0.2, 0.25) is 0 Å². The Balaban J connectivity index is 1.56. The molecule has 2 fully saturated rings. The van der Waals surface area contributed by atoms with E-state index in [1.807, 2.05) is 42.5 Å². The number of hydrogen-bond donors (Lipinski definition) is 2. The molecule has 2 aliphatic rings. The molecule has 6 heteroatoms. The SMILES string of the molecule is CO[C@@H]1O[C@@H]2COC(c3ccc4ccccc4c3)O[C@H]2[C@H](O)[C@H]1O. The summed E-state index contributed by atoms with van der Waals surface area (Å²) in [4.78, 5) is 0. The van der Waals surface area contributed by atoms with E-state index in [1.54, 1.807) is 0 Å². The highest BCUT2D eigenvalue weighted by Crippen LogP contribution is 2.35. The molecule has 4 rings (SSSR count). The van der Waals surface area contributed by atoms with Gasteiger partial charge in [-0.05, 0) is 16.8 Å². The number of benzene rings is 2. The average molecular weight is 332 g/mol. The Morgan fingerprint density at radius 3 is 2.58 bits per heavy atom. The van der Waals surface area contributed by atoms with Crippen LogP contribution >= 0.6 is 0 Å². The van der Waals surface area contributed by atoms with Crippen molar-refractivity contribution in [2.45, 2.75) is 37.0 Å². The molecule has 0 bridgehead atoms. The molecule has 2 heterocycles. The monoisotopic (exact) mass is 332 g/mol. The van der Waals surface area contributed by atoms with Gasteiger partial charge in [-0.25, -0.2) is 0 Å². The quantitative estimate of drug-likeness (QED) is 0.864. The van der Waals surface area contributed by atoms with Crippen LogP contribution in [-0.4, -0.2) is 54.6 Å². The van der Waals surface area contributed by atoms with Crippen molar-refractivity contribution in [1.82, 2.24) is 0 Å². The maximum atomic E-state index is 10.3. The Morgan fingerprint density at radius 1 is 1.00 bits per heavy atom. The minimum Gasteiger partial charge on any atom is -0.387 e. The molecule has 24 heavy (non-hydrogen) atoms. The highest BCUT2D eigenvalue weighted by molar-refractivity contribution is 5.83. The van der Waals surface area contributed by atoms with E-state index in [9.17, 15) is 10.2 Å². The normalized spacial score (nSPS) is 36.5. The molecule has 1 unspecified atom stereocenters. The smallest absolute Gasteiger partial charge is 0.186 e. The van der Waals surface area contributed by atoms with Gasteiger partial charge < -0.3 is 29.2 Å². The number of aliphatic hydroxyl groups is 2. The molecule has 0 aromatic heterocycles. The van der Waals surface area contributed by atoms with Crippen molar-refractivity contribution in [2.24, 2.45) is 0 Å². The fourth-order valence-electron chi connectivity index (χ4n) is 3.30. The molecule has 6 atom stereocenters. The largest absolute Gasteiger partial charge is 0.387 e. The number of rotatable bonds is 2. The third-order valence-electron chi connectivity index (χ3n) is 4.61. The first-order chi connectivity index (χ1) is 11.7. The number of aliphatic hydroxyl groups excluding tert-OH is 2. The summed E-state index contributed by atoms with van der Waals surface area (Å²) in [5.74, 6) is 0. The van der Waals surface area contributed by atoms with Gasteiger partial charge in [0.05, 0.1) is 6.61 Å². The summed E-state index contributed by atoms with van der Waals surface area (Å²) in [6, 6.07) is 14.0. The van der Waals surface area contributed by atoms with E-state index in [-0.39, 0.29) is 6.61 Å². The maximum absolute atomic E-state index is 10.3. The summed E-state index contributed by atoms with van der Waals surface area (Å²) in [7, 11) is 1.42. The van der Waals surface area contributed by atoms with Gasteiger partial charge in [0.15, 0.2) is 12.6 Å². The molecule has 2 aromatic rings. The van der Waals surface area contributed by atoms with Crippen LogP contribution in [0.3, 0.4) is 0 Å². The lowest BCUT2D eigenvalue weighted by Crippen LogP contribution is -2.62. The molecule has 0 spiro atoms. The highest BCUT2D eigenvalue weighted by Gasteiger charge is 2.48. The predicted octanol–water partition coefficient (Wildman–Crippen LogP) is 1.35. The van der Waals surface area contributed by atoms with Crippen molar-refractivity contribution < 1.29 is 29.2 Å². The topological polar surface area (TPSA) is 77.4 Å². The van der Waals surface area contributed by atoms with Gasteiger partial charge in [0.1, 0.15) is 24.4 Å². The standard InChI is InChI=1S/C18H20O6/c1-21-18-15(20)14(19)16-13(23-18)9-22-17(24-16)12-7-6-10-4-2-3-5-11(10)8-12/h2-8,13-20H,9H2,1H3/t13-,14-,15-,16-,17?,18-/m1/s1. The molecular formula is C18H20O6. The number of fused-ring (bicyclic) bond motifs is 2. The maximum Gasteiger partial charge on any atom is 0.186 e. The fourth-order valence-corrected chi connectivity index (χ4v) is 3.30. The fraction of sp³-hybridized carbons (Fsp3) is 0.444. The van der Waals surface area contributed by atoms with E-state index in [4.69, 9.17) is 18.9 Å². The van der Waals surface area contributed by atoms with Crippen LogP contribution in [0.1, 0.15) is 11.9 Å². The van der Waals surface area contributed by atoms with Gasteiger partial charge in [-0.3, -0.25) is 0 Å². The van der Waals surface area contributed by atoms with Crippen molar-refractivity contribution in [2.75, 3.05) is 13.7 Å². The second kappa shape index (κ2) is 6.40. The summed E-state index contributed by atoms with van der Waals surface area (Å²) in [6.07, 6.45) is -4.90. The molecule has 2 aliphatic heterocycles. The summed E-state index contributed by atoms with van der Waals surface area (Å²) >= 11 is 0. The average Bonchev–Trinajstić information content (AvgIpc) is 2.64. The van der Waals surface area contributed by atoms with Crippen LogP contribution < -0.4 is 0 Å². The predicted molar refractivity (Wildman–Crippen MR) is 85.2 cm³/mol. The third-order valence-corrected chi connectivity index (χ3v) is 4.61. The zero-order chi connectivity index (χ0) is 16.7. The minimum absolute atomic E-state index is 0.256. The molecule has 2 saturated heterocycles. The summed E-state index contributed by atoms with van der Waals surface area (Å²) in [5.41, 5.74) is 0.864. The van der Waals surface area contributed by atoms with Gasteiger partial charge in [0.25, 0.3) is 0 Å². The Morgan fingerprint density at radius 2 is 1.79 bits per heavy atom. The highest BCUT2D eigenvalue weighted by atomic mass is 16.7. The molecule has 6 nitrogen and oxygen atoms in total. The van der Waals surface area contributed by atoms with Crippen molar-refractivity contribution >= 4 is 10.8 Å². The third kappa shape index (κ3) is 2.71. The second-order valence-electron chi connectivity index (χ2n) is 6.13. The Bertz CT molecular complexity index is 717. The van der Waals surface area contributed by atoms with Crippen molar-refractivity contribution in [3.63, 3.8) is 0 Å². The first-order valence-corrected chi connectivity index (χ1v) is 7.97. The molecule has 0 aliphatic carbocycles. The van der Waals surface area contributed by atoms with Gasteiger partial charge >= 0.3 is 0 Å². The van der Waals surface area contributed by atoms with Gasteiger partial charge in [-0.2, -0.15) is 0 Å². The molecule has 128 valence electrons. The molecular weight excluding hydrogens is 312 g/mol. The lowest BCUT2D eigenvalue weighted by molar-refractivity contribution is -0.358. The second-order valence-corrected chi connectivity index (χ2v) is 6.13. The van der Waals surface area contributed by atoms with E-state index >= 15 is 0 Å². The summed E-state index contributed by atoms with van der Waals surface area (Å²) in [5, 5.41) is 22.6. The van der Waals surface area contributed by atoms with Crippen molar-refractivity contribution in [3.8, 4) is 0 Å². The van der Waals surface area contributed by atoms with Gasteiger partial charge in [-0.15, -0.1) is 0 Å². The summed E-state index contributed by atoms with van der Waals surface area (Å²) < 4.78 is 22.3. The first kappa shape index (κ1) is 16.0. The lowest BCUT2D eigenvalue weighted by atomic mass is 9.97. The zero-order valence-electron chi connectivity index (χ0n) is 13.2. The van der Waals surface area contributed by atoms with Crippen molar-refractivity contribution in [3.05, 3.63) is 48.0 Å². The van der Waals surface area contributed by atoms with Crippen LogP contribution in [0.15, 0.2) is 42.5 Å². The molecule has 0 amide bonds. The van der Waals surface area contributed by atoms with Crippen molar-refractivity contribution in [1.29, 1.82) is 0 Å². The van der Waals surface area contributed by atoms with Crippen LogP contribution in [0.2, 0.25) is 0 Å². The van der Waals surface area contributed by atoms with Gasteiger partial charge in [-0.1, -0.05) is 36.4 Å². The lowest BCUT2D eigenvalue weighted by Gasteiger charge is -2.45. The molecule has 0 radical (unpaired) electrons. The van der Waals surface area contributed by atoms with Crippen LogP contribution in [0.5, 0.6) is 0 Å². The zero-order valence-corrected chi connectivity index (χ0v) is 13.2. The number of methoxy groups -OCH3 is 1. The molecule has 0 saturated carbocycles. The van der Waals surface area contributed by atoms with E-state index in [0.717, 1.165) is 16.3 Å². The van der Waals surface area contributed by atoms with Crippen LogP contribution in [-0.2, 0) is 18.9 Å². The minimum atomic E-state index is -1.16. The van der Waals surface area contributed by atoms with E-state index in [1.165, 1.54) is 7.11 Å². The van der Waals surface area contributed by atoms with Crippen LogP contribution in [0.25, 0.3) is 10.8 Å². The Labute approximate surface area is 139 Å². The molecule has 2 aromatic carbocycles. The summed E-state index contributed by atoms with van der Waals surface area (Å²) in [6.45, 7) is 0.256. The number of hydrogen-bond acceptors (Lipinski definition) is 6. The van der Waals surface area contributed by atoms with E-state index in [2.05, 4.69) is 0 Å².